The second-order valence-electron chi connectivity index (χ2n) is 6.95. The van der Waals surface area contributed by atoms with Crippen molar-refractivity contribution >= 4 is 17.5 Å². The molecule has 4 rings (SSSR count). The summed E-state index contributed by atoms with van der Waals surface area (Å²) in [7, 11) is 0. The zero-order valence-corrected chi connectivity index (χ0v) is 14.2. The molecule has 0 aromatic heterocycles. The number of benzene rings is 1. The first-order chi connectivity index (χ1) is 12.2. The number of nitrogens with two attached hydrogens (primary N) is 1. The summed E-state index contributed by atoms with van der Waals surface area (Å²) in [6.45, 7) is 0.740. The summed E-state index contributed by atoms with van der Waals surface area (Å²) in [5.74, 6) is 1.39. The van der Waals surface area contributed by atoms with Gasteiger partial charge in [-0.15, -0.1) is 5.10 Å². The number of primary amides is 1. The van der Waals surface area contributed by atoms with Gasteiger partial charge < -0.3 is 11.2 Å². The van der Waals surface area contributed by atoms with Crippen molar-refractivity contribution in [2.45, 2.75) is 38.0 Å². The molecule has 6 heteroatoms. The highest BCUT2D eigenvalue weighted by Crippen LogP contribution is 2.43. The Hall–Kier alpha value is -2.47. The Kier molecular flexibility index (Phi) is 4.36. The lowest BCUT2D eigenvalue weighted by molar-refractivity contribution is 0.0998. The first kappa shape index (κ1) is 16.0. The normalized spacial score (nSPS) is 26.7. The van der Waals surface area contributed by atoms with Gasteiger partial charge in [0, 0.05) is 12.1 Å². The molecule has 1 fully saturated rings. The van der Waals surface area contributed by atoms with Gasteiger partial charge in [0.1, 0.15) is 5.84 Å². The number of hydrazine groups is 1. The molecule has 0 spiro atoms. The SMILES string of the molecule is NC(=O)c1ccc2cc1C1CCCC1C/C=C\CNNC1=NN=C2C1. The molecule has 0 radical (unpaired) electrons. The molecule has 0 saturated heterocycles. The van der Waals surface area contributed by atoms with Gasteiger partial charge in [0.15, 0.2) is 0 Å². The average molecular weight is 337 g/mol. The van der Waals surface area contributed by atoms with Crippen molar-refractivity contribution in [3.05, 3.63) is 47.0 Å². The van der Waals surface area contributed by atoms with E-state index in [2.05, 4.69) is 39.3 Å². The topological polar surface area (TPSA) is 91.9 Å². The summed E-state index contributed by atoms with van der Waals surface area (Å²) in [6, 6.07) is 5.91. The maximum atomic E-state index is 12.0. The summed E-state index contributed by atoms with van der Waals surface area (Å²) < 4.78 is 0. The van der Waals surface area contributed by atoms with Crippen LogP contribution in [0.1, 0.15) is 59.5 Å². The molecule has 4 bridgehead atoms. The van der Waals surface area contributed by atoms with Crippen LogP contribution in [-0.4, -0.2) is 24.0 Å². The number of amidine groups is 1. The first-order valence-electron chi connectivity index (χ1n) is 8.94. The number of carbonyl (C=O) groups excluding carboxylic acids is 1. The molecule has 1 aromatic rings. The van der Waals surface area contributed by atoms with Gasteiger partial charge >= 0.3 is 0 Å². The van der Waals surface area contributed by atoms with E-state index < -0.39 is 0 Å². The number of rotatable bonds is 1. The predicted octanol–water partition coefficient (Wildman–Crippen LogP) is 2.23. The van der Waals surface area contributed by atoms with E-state index in [-0.39, 0.29) is 5.91 Å². The van der Waals surface area contributed by atoms with Gasteiger partial charge in [-0.3, -0.25) is 4.79 Å². The van der Waals surface area contributed by atoms with E-state index >= 15 is 0 Å². The lowest BCUT2D eigenvalue weighted by Crippen LogP contribution is -2.37. The Labute approximate surface area is 147 Å². The number of hydrogen-bond donors (Lipinski definition) is 3. The molecule has 2 aliphatic heterocycles. The van der Waals surface area contributed by atoms with Crippen molar-refractivity contribution in [2.24, 2.45) is 21.9 Å². The number of hydrogen-bond acceptors (Lipinski definition) is 5. The number of nitrogens with one attached hydrogen (secondary N) is 2. The van der Waals surface area contributed by atoms with Crippen molar-refractivity contribution in [3.8, 4) is 0 Å². The monoisotopic (exact) mass is 337 g/mol. The minimum atomic E-state index is -0.347. The number of allylic oxidation sites excluding steroid dienone is 1. The third-order valence-corrected chi connectivity index (χ3v) is 5.39. The molecular formula is C19H23N5O. The Balaban J connectivity index is 1.76. The third-order valence-electron chi connectivity index (χ3n) is 5.39. The molecule has 2 unspecified atom stereocenters. The fourth-order valence-corrected chi connectivity index (χ4v) is 4.15. The Morgan fingerprint density at radius 3 is 3.00 bits per heavy atom. The van der Waals surface area contributed by atoms with Gasteiger partial charge in [-0.05, 0) is 54.4 Å². The zero-order chi connectivity index (χ0) is 17.2. The maximum Gasteiger partial charge on any atom is 0.248 e. The predicted molar refractivity (Wildman–Crippen MR) is 98.5 cm³/mol. The smallest absolute Gasteiger partial charge is 0.248 e. The Morgan fingerprint density at radius 1 is 1.20 bits per heavy atom. The van der Waals surface area contributed by atoms with Gasteiger partial charge in [0.05, 0.1) is 12.1 Å². The Bertz CT molecular complexity index is 780. The molecule has 3 aliphatic rings. The third kappa shape index (κ3) is 3.22. The lowest BCUT2D eigenvalue weighted by atomic mass is 9.82. The largest absolute Gasteiger partial charge is 0.366 e. The van der Waals surface area contributed by atoms with E-state index in [1.54, 1.807) is 0 Å². The van der Waals surface area contributed by atoms with E-state index in [9.17, 15) is 4.79 Å². The summed E-state index contributed by atoms with van der Waals surface area (Å²) in [6.07, 6.45) is 9.54. The number of fused-ring (bicyclic) bond motifs is 7. The summed E-state index contributed by atoms with van der Waals surface area (Å²) in [5.41, 5.74) is 15.6. The molecule has 4 N–H and O–H groups in total. The summed E-state index contributed by atoms with van der Waals surface area (Å²) in [4.78, 5) is 12.0. The van der Waals surface area contributed by atoms with Crippen molar-refractivity contribution in [1.82, 2.24) is 10.9 Å². The second-order valence-corrected chi connectivity index (χ2v) is 6.95. The van der Waals surface area contributed by atoms with Gasteiger partial charge in [-0.1, -0.05) is 24.6 Å². The molecule has 1 aliphatic carbocycles. The fourth-order valence-electron chi connectivity index (χ4n) is 4.15. The van der Waals surface area contributed by atoms with Gasteiger partial charge in [-0.25, -0.2) is 5.43 Å². The highest BCUT2D eigenvalue weighted by molar-refractivity contribution is 6.14. The molecule has 1 aromatic carbocycles. The van der Waals surface area contributed by atoms with Gasteiger partial charge in [0.25, 0.3) is 0 Å². The lowest BCUT2D eigenvalue weighted by Gasteiger charge is -2.22. The highest BCUT2D eigenvalue weighted by atomic mass is 16.1. The van der Waals surface area contributed by atoms with Crippen molar-refractivity contribution < 1.29 is 4.79 Å². The zero-order valence-electron chi connectivity index (χ0n) is 14.2. The molecule has 25 heavy (non-hydrogen) atoms. The highest BCUT2D eigenvalue weighted by Gasteiger charge is 2.31. The van der Waals surface area contributed by atoms with Crippen LogP contribution in [-0.2, 0) is 0 Å². The quantitative estimate of drug-likeness (QED) is 0.686. The summed E-state index contributed by atoms with van der Waals surface area (Å²) in [5, 5.41) is 8.51. The van der Waals surface area contributed by atoms with Crippen molar-refractivity contribution in [3.63, 3.8) is 0 Å². The average Bonchev–Trinajstić information content (AvgIpc) is 3.26. The van der Waals surface area contributed by atoms with Crippen LogP contribution in [0.25, 0.3) is 0 Å². The minimum Gasteiger partial charge on any atom is -0.366 e. The van der Waals surface area contributed by atoms with Crippen LogP contribution in [0.4, 0.5) is 0 Å². The number of amides is 1. The number of nitrogens with zero attached hydrogens (tertiary/aromatic N) is 2. The van der Waals surface area contributed by atoms with Crippen molar-refractivity contribution in [2.75, 3.05) is 6.54 Å². The molecule has 1 saturated carbocycles. The van der Waals surface area contributed by atoms with Crippen LogP contribution in [0, 0.1) is 5.92 Å². The van der Waals surface area contributed by atoms with Crippen LogP contribution in [0.2, 0.25) is 0 Å². The van der Waals surface area contributed by atoms with E-state index in [1.807, 2.05) is 12.1 Å². The Morgan fingerprint density at radius 2 is 2.12 bits per heavy atom. The molecule has 2 heterocycles. The van der Waals surface area contributed by atoms with Crippen LogP contribution in [0.3, 0.4) is 0 Å². The molecule has 130 valence electrons. The van der Waals surface area contributed by atoms with Crippen LogP contribution < -0.4 is 16.6 Å². The van der Waals surface area contributed by atoms with Crippen molar-refractivity contribution in [1.29, 1.82) is 0 Å². The first-order valence-corrected chi connectivity index (χ1v) is 8.94. The fraction of sp³-hybridized carbons (Fsp3) is 0.421. The number of carbonyl (C=O) groups is 1. The second kappa shape index (κ2) is 6.80. The van der Waals surface area contributed by atoms with Crippen LogP contribution >= 0.6 is 0 Å². The molecule has 1 amide bonds. The summed E-state index contributed by atoms with van der Waals surface area (Å²) >= 11 is 0. The minimum absolute atomic E-state index is 0.347. The molecule has 6 nitrogen and oxygen atoms in total. The maximum absolute atomic E-state index is 12.0. The molecule has 2 atom stereocenters. The van der Waals surface area contributed by atoms with E-state index in [0.29, 0.717) is 23.8 Å². The van der Waals surface area contributed by atoms with E-state index in [1.165, 1.54) is 12.8 Å². The van der Waals surface area contributed by atoms with Gasteiger partial charge in [0.2, 0.25) is 5.91 Å². The van der Waals surface area contributed by atoms with E-state index in [0.717, 1.165) is 42.1 Å². The van der Waals surface area contributed by atoms with E-state index in [4.69, 9.17) is 5.73 Å². The van der Waals surface area contributed by atoms with Crippen LogP contribution in [0.5, 0.6) is 0 Å². The van der Waals surface area contributed by atoms with Gasteiger partial charge in [-0.2, -0.15) is 5.10 Å². The van der Waals surface area contributed by atoms with Crippen LogP contribution in [0.15, 0.2) is 40.6 Å². The standard InChI is InChI=1S/C19H23N5O/c20-19(25)15-8-7-13-10-16(15)14-6-3-5-12(14)4-1-2-9-21-23-18-11-17(13)22-24-18/h1-2,7-8,10,12,14,21H,3-6,9,11H2,(H2,20,25)(H,23,24)/b2-1-. The molecular weight excluding hydrogens is 314 g/mol.